The Hall–Kier alpha value is -1.65. The number of rotatable bonds is 5. The highest BCUT2D eigenvalue weighted by atomic mass is 19.1. The molecule has 2 N–H and O–H groups in total. The molecule has 5 heteroatoms. The monoisotopic (exact) mass is 293 g/mol. The maximum absolute atomic E-state index is 14.0. The van der Waals surface area contributed by atoms with Gasteiger partial charge in [-0.15, -0.1) is 0 Å². The minimum atomic E-state index is -0.594. The molecular formula is C16H24FN3O. The fraction of sp³-hybridized carbons (Fsp3) is 0.625. The number of carbonyl (C=O) groups excluding carboxylic acids is 1. The van der Waals surface area contributed by atoms with Crippen LogP contribution in [-0.4, -0.2) is 24.5 Å². The van der Waals surface area contributed by atoms with Gasteiger partial charge in [0.25, 0.3) is 5.91 Å². The molecular weight excluding hydrogens is 269 g/mol. The molecule has 2 unspecified atom stereocenters. The molecule has 0 spiro atoms. The second-order valence-corrected chi connectivity index (χ2v) is 5.95. The summed E-state index contributed by atoms with van der Waals surface area (Å²) in [5.41, 5.74) is 0.0476. The minimum Gasteiger partial charge on any atom is -0.371 e. The molecule has 1 aromatic rings. The van der Waals surface area contributed by atoms with E-state index in [4.69, 9.17) is 0 Å². The van der Waals surface area contributed by atoms with Crippen LogP contribution in [0.15, 0.2) is 12.3 Å². The fourth-order valence-electron chi connectivity index (χ4n) is 3.10. The third-order valence-electron chi connectivity index (χ3n) is 4.25. The van der Waals surface area contributed by atoms with E-state index < -0.39 is 5.82 Å². The lowest BCUT2D eigenvalue weighted by molar-refractivity contribution is 0.0945. The quantitative estimate of drug-likeness (QED) is 0.876. The Labute approximate surface area is 125 Å². The average molecular weight is 293 g/mol. The number of aromatic nitrogens is 1. The van der Waals surface area contributed by atoms with E-state index in [1.807, 2.05) is 0 Å². The summed E-state index contributed by atoms with van der Waals surface area (Å²) in [6.07, 6.45) is 7.49. The topological polar surface area (TPSA) is 54.0 Å². The van der Waals surface area contributed by atoms with Crippen molar-refractivity contribution < 1.29 is 9.18 Å². The Morgan fingerprint density at radius 2 is 2.29 bits per heavy atom. The number of hydrogen-bond donors (Lipinski definition) is 2. The maximum Gasteiger partial charge on any atom is 0.254 e. The average Bonchev–Trinajstić information content (AvgIpc) is 2.47. The van der Waals surface area contributed by atoms with Crippen molar-refractivity contribution in [3.05, 3.63) is 23.6 Å². The van der Waals surface area contributed by atoms with Crippen LogP contribution in [0.4, 0.5) is 10.2 Å². The van der Waals surface area contributed by atoms with Crippen molar-refractivity contribution in [1.82, 2.24) is 10.3 Å². The summed E-state index contributed by atoms with van der Waals surface area (Å²) in [5, 5.41) is 5.46. The van der Waals surface area contributed by atoms with Crippen LogP contribution in [0.3, 0.4) is 0 Å². The van der Waals surface area contributed by atoms with Crippen LogP contribution < -0.4 is 10.6 Å². The van der Waals surface area contributed by atoms with Crippen molar-refractivity contribution in [2.75, 3.05) is 18.9 Å². The molecule has 1 amide bonds. The number of anilines is 1. The smallest absolute Gasteiger partial charge is 0.254 e. The molecule has 0 saturated heterocycles. The van der Waals surface area contributed by atoms with E-state index in [1.54, 1.807) is 7.05 Å². The SMILES string of the molecule is CNc1nccc(C(=O)NCCC2CCCC(C)C2)c1F. The Bertz CT molecular complexity index is 492. The largest absolute Gasteiger partial charge is 0.371 e. The highest BCUT2D eigenvalue weighted by molar-refractivity contribution is 5.95. The van der Waals surface area contributed by atoms with Gasteiger partial charge in [-0.25, -0.2) is 9.37 Å². The normalized spacial score (nSPS) is 21.9. The predicted molar refractivity (Wildman–Crippen MR) is 81.8 cm³/mol. The van der Waals surface area contributed by atoms with Crippen LogP contribution in [0.1, 0.15) is 49.4 Å². The lowest BCUT2D eigenvalue weighted by Gasteiger charge is -2.26. The summed E-state index contributed by atoms with van der Waals surface area (Å²) in [6, 6.07) is 1.41. The molecule has 0 bridgehead atoms. The van der Waals surface area contributed by atoms with E-state index in [0.717, 1.165) is 12.3 Å². The van der Waals surface area contributed by atoms with Gasteiger partial charge in [0.05, 0.1) is 5.56 Å². The van der Waals surface area contributed by atoms with Gasteiger partial charge in [0.1, 0.15) is 0 Å². The van der Waals surface area contributed by atoms with Crippen LogP contribution in [0.5, 0.6) is 0 Å². The minimum absolute atomic E-state index is 0.0476. The molecule has 1 aromatic heterocycles. The van der Waals surface area contributed by atoms with E-state index >= 15 is 0 Å². The number of hydrogen-bond acceptors (Lipinski definition) is 3. The number of carbonyl (C=O) groups is 1. The standard InChI is InChI=1S/C16H24FN3O/c1-11-4-3-5-12(10-11)6-8-20-16(21)13-7-9-19-15(18-2)14(13)17/h7,9,11-12H,3-6,8,10H2,1-2H3,(H,18,19)(H,20,21). The summed E-state index contributed by atoms with van der Waals surface area (Å²) >= 11 is 0. The van der Waals surface area contributed by atoms with Crippen molar-refractivity contribution in [3.63, 3.8) is 0 Å². The Balaban J connectivity index is 1.84. The zero-order chi connectivity index (χ0) is 15.2. The van der Waals surface area contributed by atoms with E-state index in [2.05, 4.69) is 22.5 Å². The molecule has 0 aliphatic heterocycles. The maximum atomic E-state index is 14.0. The van der Waals surface area contributed by atoms with Crippen LogP contribution >= 0.6 is 0 Å². The first-order chi connectivity index (χ1) is 10.1. The summed E-state index contributed by atoms with van der Waals surface area (Å²) in [7, 11) is 1.58. The zero-order valence-electron chi connectivity index (χ0n) is 12.8. The molecule has 2 atom stereocenters. The Morgan fingerprint density at radius 1 is 1.48 bits per heavy atom. The number of nitrogens with one attached hydrogen (secondary N) is 2. The first-order valence-electron chi connectivity index (χ1n) is 7.72. The predicted octanol–water partition coefficient (Wildman–Crippen LogP) is 3.21. The van der Waals surface area contributed by atoms with Crippen molar-refractivity contribution in [3.8, 4) is 0 Å². The zero-order valence-corrected chi connectivity index (χ0v) is 12.8. The highest BCUT2D eigenvalue weighted by Crippen LogP contribution is 2.30. The molecule has 116 valence electrons. The highest BCUT2D eigenvalue weighted by Gasteiger charge is 2.19. The summed E-state index contributed by atoms with van der Waals surface area (Å²) in [4.78, 5) is 15.9. The Morgan fingerprint density at radius 3 is 3.00 bits per heavy atom. The first kappa shape index (κ1) is 15.7. The summed E-state index contributed by atoms with van der Waals surface area (Å²) < 4.78 is 14.0. The van der Waals surface area contributed by atoms with Crippen LogP contribution in [0.25, 0.3) is 0 Å². The molecule has 0 radical (unpaired) electrons. The first-order valence-corrected chi connectivity index (χ1v) is 7.72. The molecule has 0 aromatic carbocycles. The van der Waals surface area contributed by atoms with Gasteiger partial charge >= 0.3 is 0 Å². The van der Waals surface area contributed by atoms with Gasteiger partial charge in [-0.05, 0) is 30.7 Å². The molecule has 1 fully saturated rings. The fourth-order valence-corrected chi connectivity index (χ4v) is 3.10. The van der Waals surface area contributed by atoms with E-state index in [1.165, 1.54) is 37.9 Å². The van der Waals surface area contributed by atoms with Crippen molar-refractivity contribution in [2.45, 2.75) is 39.0 Å². The van der Waals surface area contributed by atoms with Gasteiger partial charge in [0.2, 0.25) is 0 Å². The molecule has 1 aliphatic carbocycles. The van der Waals surface area contributed by atoms with Crippen molar-refractivity contribution in [2.24, 2.45) is 11.8 Å². The third-order valence-corrected chi connectivity index (χ3v) is 4.25. The molecule has 1 heterocycles. The van der Waals surface area contributed by atoms with Crippen LogP contribution in [0.2, 0.25) is 0 Å². The van der Waals surface area contributed by atoms with Crippen molar-refractivity contribution in [1.29, 1.82) is 0 Å². The molecule has 4 nitrogen and oxygen atoms in total. The van der Waals surface area contributed by atoms with Crippen molar-refractivity contribution >= 4 is 11.7 Å². The molecule has 1 saturated carbocycles. The van der Waals surface area contributed by atoms with Gasteiger partial charge in [0.15, 0.2) is 11.6 Å². The number of pyridine rings is 1. The second-order valence-electron chi connectivity index (χ2n) is 5.95. The van der Waals surface area contributed by atoms with E-state index in [0.29, 0.717) is 12.5 Å². The third kappa shape index (κ3) is 4.16. The van der Waals surface area contributed by atoms with Gasteiger partial charge < -0.3 is 10.6 Å². The van der Waals surface area contributed by atoms with Crippen LogP contribution in [-0.2, 0) is 0 Å². The number of nitrogens with zero attached hydrogens (tertiary/aromatic N) is 1. The van der Waals surface area contributed by atoms with E-state index in [9.17, 15) is 9.18 Å². The van der Waals surface area contributed by atoms with Crippen LogP contribution in [0, 0.1) is 17.7 Å². The van der Waals surface area contributed by atoms with Gasteiger partial charge in [-0.3, -0.25) is 4.79 Å². The number of amides is 1. The second kappa shape index (κ2) is 7.38. The lowest BCUT2D eigenvalue weighted by Crippen LogP contribution is -2.28. The van der Waals surface area contributed by atoms with E-state index in [-0.39, 0.29) is 17.3 Å². The number of halogens is 1. The Kier molecular flexibility index (Phi) is 5.53. The molecule has 1 aliphatic rings. The summed E-state index contributed by atoms with van der Waals surface area (Å²) in [5.74, 6) is 0.613. The van der Waals surface area contributed by atoms with Gasteiger partial charge in [0, 0.05) is 19.8 Å². The molecule has 21 heavy (non-hydrogen) atoms. The molecule has 2 rings (SSSR count). The lowest BCUT2D eigenvalue weighted by atomic mass is 9.81. The van der Waals surface area contributed by atoms with Gasteiger partial charge in [-0.2, -0.15) is 0 Å². The summed E-state index contributed by atoms with van der Waals surface area (Å²) in [6.45, 7) is 2.89. The van der Waals surface area contributed by atoms with Gasteiger partial charge in [-0.1, -0.05) is 26.2 Å².